The fourth-order valence-corrected chi connectivity index (χ4v) is 3.30. The number of hydrogen-bond acceptors (Lipinski definition) is 5. The highest BCUT2D eigenvalue weighted by Gasteiger charge is 2.28. The molecular weight excluding hydrogens is 344 g/mol. The highest BCUT2D eigenvalue weighted by Crippen LogP contribution is 2.18. The summed E-state index contributed by atoms with van der Waals surface area (Å²) in [6, 6.07) is 14.6. The molecule has 7 nitrogen and oxygen atoms in total. The highest BCUT2D eigenvalue weighted by atomic mass is 32.2. The highest BCUT2D eigenvalue weighted by molar-refractivity contribution is 7.89. The fourth-order valence-electron chi connectivity index (χ4n) is 2.08. The largest absolute Gasteiger partial charge is 0.446 e. The molecule has 0 saturated heterocycles. The molecule has 0 heterocycles. The summed E-state index contributed by atoms with van der Waals surface area (Å²) in [5, 5.41) is 0. The van der Waals surface area contributed by atoms with Gasteiger partial charge in [-0.25, -0.2) is 8.42 Å². The normalized spacial score (nSPS) is 13.6. The minimum absolute atomic E-state index is 0.0177. The van der Waals surface area contributed by atoms with Gasteiger partial charge in [-0.2, -0.15) is 4.72 Å². The first-order chi connectivity index (χ1) is 11.8. The van der Waals surface area contributed by atoms with E-state index in [-0.39, 0.29) is 4.90 Å². The average molecular weight is 362 g/mol. The van der Waals surface area contributed by atoms with Crippen molar-refractivity contribution in [2.75, 3.05) is 0 Å². The Kier molecular flexibility index (Phi) is 5.89. The Morgan fingerprint density at radius 2 is 1.52 bits per heavy atom. The maximum Gasteiger partial charge on any atom is 0.325 e. The van der Waals surface area contributed by atoms with Crippen LogP contribution in [0.3, 0.4) is 0 Å². The molecule has 0 saturated carbocycles. The van der Waals surface area contributed by atoms with Gasteiger partial charge in [-0.1, -0.05) is 48.5 Å². The first kappa shape index (κ1) is 18.6. The van der Waals surface area contributed by atoms with Crippen molar-refractivity contribution < 1.29 is 22.7 Å². The maximum absolute atomic E-state index is 12.2. The molecular formula is C17H18N2O5S. The van der Waals surface area contributed by atoms with Crippen LogP contribution in [0.1, 0.15) is 18.6 Å². The molecule has 2 atom stereocenters. The van der Waals surface area contributed by atoms with Crippen LogP contribution in [0.5, 0.6) is 0 Å². The van der Waals surface area contributed by atoms with E-state index < -0.39 is 34.0 Å². The minimum Gasteiger partial charge on any atom is -0.446 e. The van der Waals surface area contributed by atoms with Gasteiger partial charge in [0.05, 0.1) is 4.90 Å². The van der Waals surface area contributed by atoms with E-state index in [4.69, 9.17) is 10.5 Å². The lowest BCUT2D eigenvalue weighted by molar-refractivity contribution is -0.156. The van der Waals surface area contributed by atoms with Crippen LogP contribution in [0.4, 0.5) is 0 Å². The average Bonchev–Trinajstić information content (AvgIpc) is 2.60. The summed E-state index contributed by atoms with van der Waals surface area (Å²) in [6.45, 7) is 1.33. The van der Waals surface area contributed by atoms with Gasteiger partial charge in [0, 0.05) is 5.56 Å². The summed E-state index contributed by atoms with van der Waals surface area (Å²) in [5.41, 5.74) is 5.68. The van der Waals surface area contributed by atoms with Crippen molar-refractivity contribution in [2.24, 2.45) is 5.73 Å². The standard InChI is InChI=1S/C17H18N2O5S/c1-12(19-25(22,23)14-10-6-3-7-11-14)17(21)24-15(16(18)20)13-8-4-2-5-9-13/h2-12,15,19H,1H3,(H2,18,20)/t12-,15?/m0/s1. The van der Waals surface area contributed by atoms with E-state index in [1.165, 1.54) is 19.1 Å². The number of nitrogens with one attached hydrogen (secondary N) is 1. The zero-order valence-corrected chi connectivity index (χ0v) is 14.3. The van der Waals surface area contributed by atoms with Gasteiger partial charge in [0.15, 0.2) is 0 Å². The molecule has 2 aromatic rings. The molecule has 8 heteroatoms. The Morgan fingerprint density at radius 3 is 2.04 bits per heavy atom. The molecule has 0 aliphatic heterocycles. The van der Waals surface area contributed by atoms with E-state index in [2.05, 4.69) is 4.72 Å². The maximum atomic E-state index is 12.2. The van der Waals surface area contributed by atoms with E-state index in [0.29, 0.717) is 5.56 Å². The van der Waals surface area contributed by atoms with Crippen molar-refractivity contribution in [1.82, 2.24) is 4.72 Å². The van der Waals surface area contributed by atoms with Gasteiger partial charge in [-0.05, 0) is 19.1 Å². The quantitative estimate of drug-likeness (QED) is 0.716. The molecule has 0 aromatic heterocycles. The number of amides is 1. The third kappa shape index (κ3) is 4.88. The van der Waals surface area contributed by atoms with Gasteiger partial charge in [0.25, 0.3) is 5.91 Å². The summed E-state index contributed by atoms with van der Waals surface area (Å²) in [7, 11) is -3.89. The lowest BCUT2D eigenvalue weighted by Crippen LogP contribution is -2.41. The minimum atomic E-state index is -3.89. The number of ether oxygens (including phenoxy) is 1. The number of nitrogens with two attached hydrogens (primary N) is 1. The lowest BCUT2D eigenvalue weighted by atomic mass is 10.1. The Hall–Kier alpha value is -2.71. The lowest BCUT2D eigenvalue weighted by Gasteiger charge is -2.18. The van der Waals surface area contributed by atoms with E-state index in [1.54, 1.807) is 48.5 Å². The molecule has 0 bridgehead atoms. The molecule has 0 aliphatic carbocycles. The van der Waals surface area contributed by atoms with Gasteiger partial charge in [0.1, 0.15) is 6.04 Å². The van der Waals surface area contributed by atoms with Crippen molar-refractivity contribution in [3.8, 4) is 0 Å². The van der Waals surface area contributed by atoms with Crippen molar-refractivity contribution in [1.29, 1.82) is 0 Å². The molecule has 0 radical (unpaired) electrons. The Labute approximate surface area is 145 Å². The van der Waals surface area contributed by atoms with Crippen LogP contribution in [0.25, 0.3) is 0 Å². The number of rotatable bonds is 7. The van der Waals surface area contributed by atoms with Crippen LogP contribution in [0.15, 0.2) is 65.6 Å². The van der Waals surface area contributed by atoms with Gasteiger partial charge in [-0.3, -0.25) is 9.59 Å². The molecule has 2 rings (SSSR count). The van der Waals surface area contributed by atoms with E-state index in [1.807, 2.05) is 0 Å². The second-order valence-electron chi connectivity index (χ2n) is 5.29. The summed E-state index contributed by atoms with van der Waals surface area (Å²) in [5.74, 6) is -1.76. The Balaban J connectivity index is 2.10. The number of esters is 1. The van der Waals surface area contributed by atoms with E-state index >= 15 is 0 Å². The predicted octanol–water partition coefficient (Wildman–Crippen LogP) is 1.12. The van der Waals surface area contributed by atoms with Crippen LogP contribution in [-0.2, 0) is 24.3 Å². The SMILES string of the molecule is C[C@H](NS(=O)(=O)c1ccccc1)C(=O)OC(C(N)=O)c1ccccc1. The number of sulfonamides is 1. The Bertz CT molecular complexity index is 838. The van der Waals surface area contributed by atoms with Gasteiger partial charge < -0.3 is 10.5 Å². The van der Waals surface area contributed by atoms with Gasteiger partial charge >= 0.3 is 5.97 Å². The molecule has 2 aromatic carbocycles. The number of primary amides is 1. The molecule has 3 N–H and O–H groups in total. The number of benzene rings is 2. The zero-order valence-electron chi connectivity index (χ0n) is 13.5. The summed E-state index contributed by atoms with van der Waals surface area (Å²) >= 11 is 0. The van der Waals surface area contributed by atoms with Crippen molar-refractivity contribution in [3.63, 3.8) is 0 Å². The predicted molar refractivity (Wildman–Crippen MR) is 90.7 cm³/mol. The smallest absolute Gasteiger partial charge is 0.325 e. The zero-order chi connectivity index (χ0) is 18.4. The Morgan fingerprint density at radius 1 is 1.00 bits per heavy atom. The second kappa shape index (κ2) is 7.91. The molecule has 132 valence electrons. The molecule has 0 aliphatic rings. The van der Waals surface area contributed by atoms with Crippen LogP contribution >= 0.6 is 0 Å². The molecule has 1 unspecified atom stereocenters. The first-order valence-electron chi connectivity index (χ1n) is 7.43. The monoisotopic (exact) mass is 362 g/mol. The second-order valence-corrected chi connectivity index (χ2v) is 7.00. The number of carbonyl (C=O) groups is 2. The fraction of sp³-hybridized carbons (Fsp3) is 0.176. The third-order valence-electron chi connectivity index (χ3n) is 3.33. The molecule has 0 fully saturated rings. The van der Waals surface area contributed by atoms with Crippen molar-refractivity contribution in [2.45, 2.75) is 24.0 Å². The molecule has 25 heavy (non-hydrogen) atoms. The van der Waals surface area contributed by atoms with Crippen LogP contribution < -0.4 is 10.5 Å². The first-order valence-corrected chi connectivity index (χ1v) is 8.91. The van der Waals surface area contributed by atoms with Crippen molar-refractivity contribution >= 4 is 21.9 Å². The van der Waals surface area contributed by atoms with E-state index in [9.17, 15) is 18.0 Å². The van der Waals surface area contributed by atoms with Crippen LogP contribution in [0, 0.1) is 0 Å². The van der Waals surface area contributed by atoms with Gasteiger partial charge in [0.2, 0.25) is 16.1 Å². The van der Waals surface area contributed by atoms with Gasteiger partial charge in [-0.15, -0.1) is 0 Å². The number of carbonyl (C=O) groups excluding carboxylic acids is 2. The topological polar surface area (TPSA) is 116 Å². The van der Waals surface area contributed by atoms with E-state index in [0.717, 1.165) is 0 Å². The summed E-state index contributed by atoms with van der Waals surface area (Å²) in [6.07, 6.45) is -1.29. The third-order valence-corrected chi connectivity index (χ3v) is 4.89. The van der Waals surface area contributed by atoms with Crippen LogP contribution in [0.2, 0.25) is 0 Å². The summed E-state index contributed by atoms with van der Waals surface area (Å²) in [4.78, 5) is 23.8. The molecule has 1 amide bonds. The van der Waals surface area contributed by atoms with Crippen LogP contribution in [-0.4, -0.2) is 26.3 Å². The molecule has 0 spiro atoms. The van der Waals surface area contributed by atoms with Crippen molar-refractivity contribution in [3.05, 3.63) is 66.2 Å². The number of hydrogen-bond donors (Lipinski definition) is 2. The summed E-state index contributed by atoms with van der Waals surface area (Å²) < 4.78 is 31.8.